The molecule has 0 bridgehead atoms. The molecule has 106 valence electrons. The SMILES string of the molecule is CC(C)N(CCNC(=O)C1CCOCC1)C(C)C. The summed E-state index contributed by atoms with van der Waals surface area (Å²) in [6, 6.07) is 1.04. The van der Waals surface area contributed by atoms with E-state index in [1.807, 2.05) is 0 Å². The Labute approximate surface area is 111 Å². The second-order valence-corrected chi connectivity index (χ2v) is 5.60. The van der Waals surface area contributed by atoms with Gasteiger partial charge in [0.15, 0.2) is 0 Å². The van der Waals surface area contributed by atoms with E-state index in [2.05, 4.69) is 37.9 Å². The van der Waals surface area contributed by atoms with Gasteiger partial charge in [0.05, 0.1) is 0 Å². The molecule has 1 aliphatic rings. The van der Waals surface area contributed by atoms with Crippen molar-refractivity contribution in [3.63, 3.8) is 0 Å². The lowest BCUT2D eigenvalue weighted by Crippen LogP contribution is -2.44. The van der Waals surface area contributed by atoms with Gasteiger partial charge in [0.1, 0.15) is 0 Å². The predicted molar refractivity (Wildman–Crippen MR) is 73.5 cm³/mol. The van der Waals surface area contributed by atoms with Crippen molar-refractivity contribution in [1.29, 1.82) is 0 Å². The van der Waals surface area contributed by atoms with Gasteiger partial charge < -0.3 is 10.1 Å². The molecule has 4 nitrogen and oxygen atoms in total. The lowest BCUT2D eigenvalue weighted by Gasteiger charge is -2.30. The molecule has 4 heteroatoms. The zero-order chi connectivity index (χ0) is 13.5. The van der Waals surface area contributed by atoms with Crippen molar-refractivity contribution >= 4 is 5.91 Å². The maximum atomic E-state index is 11.9. The van der Waals surface area contributed by atoms with Crippen molar-refractivity contribution in [3.8, 4) is 0 Å². The Morgan fingerprint density at radius 2 is 1.78 bits per heavy atom. The number of carbonyl (C=O) groups excluding carboxylic acids is 1. The number of carbonyl (C=O) groups is 1. The minimum absolute atomic E-state index is 0.158. The maximum absolute atomic E-state index is 11.9. The first kappa shape index (κ1) is 15.4. The molecule has 0 atom stereocenters. The largest absolute Gasteiger partial charge is 0.381 e. The van der Waals surface area contributed by atoms with Crippen molar-refractivity contribution in [2.75, 3.05) is 26.3 Å². The van der Waals surface area contributed by atoms with Gasteiger partial charge in [-0.25, -0.2) is 0 Å². The van der Waals surface area contributed by atoms with Crippen LogP contribution in [0.25, 0.3) is 0 Å². The van der Waals surface area contributed by atoms with Crippen LogP contribution in [0.3, 0.4) is 0 Å². The molecule has 0 saturated carbocycles. The van der Waals surface area contributed by atoms with E-state index >= 15 is 0 Å². The van der Waals surface area contributed by atoms with Crippen LogP contribution in [0.4, 0.5) is 0 Å². The predicted octanol–water partition coefficient (Wildman–Crippen LogP) is 1.65. The summed E-state index contributed by atoms with van der Waals surface area (Å²) >= 11 is 0. The monoisotopic (exact) mass is 256 g/mol. The van der Waals surface area contributed by atoms with Crippen LogP contribution in [-0.2, 0) is 9.53 Å². The number of ether oxygens (including phenoxy) is 1. The van der Waals surface area contributed by atoms with E-state index in [1.165, 1.54) is 0 Å². The van der Waals surface area contributed by atoms with E-state index in [1.54, 1.807) is 0 Å². The number of hydrogen-bond acceptors (Lipinski definition) is 3. The van der Waals surface area contributed by atoms with Gasteiger partial charge >= 0.3 is 0 Å². The molecule has 0 aromatic carbocycles. The number of nitrogens with one attached hydrogen (secondary N) is 1. The summed E-state index contributed by atoms with van der Waals surface area (Å²) in [6.07, 6.45) is 1.73. The summed E-state index contributed by atoms with van der Waals surface area (Å²) in [5.74, 6) is 0.357. The van der Waals surface area contributed by atoms with Gasteiger partial charge in [0.25, 0.3) is 0 Å². The van der Waals surface area contributed by atoms with E-state index in [0.717, 1.165) is 39.1 Å². The first-order valence-electron chi connectivity index (χ1n) is 7.13. The molecular weight excluding hydrogens is 228 g/mol. The van der Waals surface area contributed by atoms with Gasteiger partial charge in [0.2, 0.25) is 5.91 Å². The Kier molecular flexibility index (Phi) is 6.65. The number of nitrogens with zero attached hydrogens (tertiary/aromatic N) is 1. The number of amides is 1. The van der Waals surface area contributed by atoms with E-state index in [0.29, 0.717) is 12.1 Å². The average Bonchev–Trinajstić information content (AvgIpc) is 2.34. The van der Waals surface area contributed by atoms with Crippen LogP contribution in [0, 0.1) is 5.92 Å². The third kappa shape index (κ3) is 4.94. The second-order valence-electron chi connectivity index (χ2n) is 5.60. The molecule has 1 amide bonds. The fraction of sp³-hybridized carbons (Fsp3) is 0.929. The molecule has 1 saturated heterocycles. The van der Waals surface area contributed by atoms with E-state index in [9.17, 15) is 4.79 Å². The van der Waals surface area contributed by atoms with Crippen molar-refractivity contribution in [3.05, 3.63) is 0 Å². The van der Waals surface area contributed by atoms with E-state index in [-0.39, 0.29) is 11.8 Å². The summed E-state index contributed by atoms with van der Waals surface area (Å²) in [4.78, 5) is 14.3. The summed E-state index contributed by atoms with van der Waals surface area (Å²) in [7, 11) is 0. The number of rotatable bonds is 6. The molecule has 0 aromatic heterocycles. The van der Waals surface area contributed by atoms with Gasteiger partial charge in [-0.05, 0) is 40.5 Å². The minimum Gasteiger partial charge on any atom is -0.381 e. The van der Waals surface area contributed by atoms with Crippen molar-refractivity contribution in [2.24, 2.45) is 5.92 Å². The molecule has 1 rings (SSSR count). The Morgan fingerprint density at radius 3 is 2.28 bits per heavy atom. The highest BCUT2D eigenvalue weighted by Crippen LogP contribution is 2.14. The zero-order valence-corrected chi connectivity index (χ0v) is 12.2. The maximum Gasteiger partial charge on any atom is 0.223 e. The molecule has 1 N–H and O–H groups in total. The van der Waals surface area contributed by atoms with Crippen LogP contribution in [-0.4, -0.2) is 49.2 Å². The van der Waals surface area contributed by atoms with E-state index in [4.69, 9.17) is 4.74 Å². The molecule has 0 spiro atoms. The van der Waals surface area contributed by atoms with Gasteiger partial charge in [-0.1, -0.05) is 0 Å². The standard InChI is InChI=1S/C14H28N2O2/c1-11(2)16(12(3)4)8-7-15-14(17)13-5-9-18-10-6-13/h11-13H,5-10H2,1-4H3,(H,15,17). The van der Waals surface area contributed by atoms with Gasteiger partial charge in [0, 0.05) is 44.3 Å². The summed E-state index contributed by atoms with van der Waals surface area (Å²) in [6.45, 7) is 11.9. The summed E-state index contributed by atoms with van der Waals surface area (Å²) in [5.41, 5.74) is 0. The first-order valence-corrected chi connectivity index (χ1v) is 7.13. The van der Waals surface area contributed by atoms with Gasteiger partial charge in [-0.2, -0.15) is 0 Å². The normalized spacial score (nSPS) is 17.7. The Morgan fingerprint density at radius 1 is 1.22 bits per heavy atom. The third-order valence-corrected chi connectivity index (χ3v) is 3.59. The van der Waals surface area contributed by atoms with Crippen molar-refractivity contribution < 1.29 is 9.53 Å². The molecule has 0 radical (unpaired) electrons. The Hall–Kier alpha value is -0.610. The quantitative estimate of drug-likeness (QED) is 0.785. The molecule has 0 unspecified atom stereocenters. The topological polar surface area (TPSA) is 41.6 Å². The molecule has 0 aromatic rings. The molecular formula is C14H28N2O2. The van der Waals surface area contributed by atoms with Gasteiger partial charge in [-0.3, -0.25) is 9.69 Å². The van der Waals surface area contributed by atoms with E-state index < -0.39 is 0 Å². The molecule has 1 heterocycles. The van der Waals surface area contributed by atoms with Crippen LogP contribution in [0.2, 0.25) is 0 Å². The molecule has 1 aliphatic heterocycles. The minimum atomic E-state index is 0.158. The highest BCUT2D eigenvalue weighted by atomic mass is 16.5. The number of hydrogen-bond donors (Lipinski definition) is 1. The molecule has 0 aliphatic carbocycles. The Balaban J connectivity index is 2.25. The summed E-state index contributed by atoms with van der Waals surface area (Å²) in [5, 5.41) is 3.06. The third-order valence-electron chi connectivity index (χ3n) is 3.59. The average molecular weight is 256 g/mol. The smallest absolute Gasteiger partial charge is 0.223 e. The fourth-order valence-electron chi connectivity index (χ4n) is 2.52. The highest BCUT2D eigenvalue weighted by Gasteiger charge is 2.21. The van der Waals surface area contributed by atoms with Crippen LogP contribution in [0.15, 0.2) is 0 Å². The van der Waals surface area contributed by atoms with Gasteiger partial charge in [-0.15, -0.1) is 0 Å². The molecule has 1 fully saturated rings. The highest BCUT2D eigenvalue weighted by molar-refractivity contribution is 5.78. The van der Waals surface area contributed by atoms with Crippen LogP contribution in [0.1, 0.15) is 40.5 Å². The van der Waals surface area contributed by atoms with Crippen LogP contribution in [0.5, 0.6) is 0 Å². The lowest BCUT2D eigenvalue weighted by molar-refractivity contribution is -0.127. The lowest BCUT2D eigenvalue weighted by atomic mass is 9.99. The molecule has 18 heavy (non-hydrogen) atoms. The summed E-state index contributed by atoms with van der Waals surface area (Å²) < 4.78 is 5.27. The van der Waals surface area contributed by atoms with Crippen LogP contribution >= 0.6 is 0 Å². The van der Waals surface area contributed by atoms with Crippen molar-refractivity contribution in [1.82, 2.24) is 10.2 Å². The second kappa shape index (κ2) is 7.74. The first-order chi connectivity index (χ1) is 8.52. The zero-order valence-electron chi connectivity index (χ0n) is 12.2. The fourth-order valence-corrected chi connectivity index (χ4v) is 2.52. The Bertz CT molecular complexity index is 240. The van der Waals surface area contributed by atoms with Crippen molar-refractivity contribution in [2.45, 2.75) is 52.6 Å². The van der Waals surface area contributed by atoms with Crippen LogP contribution < -0.4 is 5.32 Å².